The molecular formula is C23H19F3N6OS. The molecule has 0 amide bonds. The summed E-state index contributed by atoms with van der Waals surface area (Å²) in [7, 11) is 1.53. The number of rotatable bonds is 6. The molecule has 3 heterocycles. The van der Waals surface area contributed by atoms with Gasteiger partial charge in [-0.1, -0.05) is 11.8 Å². The summed E-state index contributed by atoms with van der Waals surface area (Å²) in [5.74, 6) is -2.46. The molecule has 11 heteroatoms. The number of thioether (sulfide) groups is 1. The zero-order chi connectivity index (χ0) is 24.1. The molecular weight excluding hydrogens is 465 g/mol. The average Bonchev–Trinajstić information content (AvgIpc) is 3.55. The summed E-state index contributed by atoms with van der Waals surface area (Å²) in [6.07, 6.45) is 3.40. The number of aliphatic imine (C=N–C) groups is 1. The predicted molar refractivity (Wildman–Crippen MR) is 123 cm³/mol. The summed E-state index contributed by atoms with van der Waals surface area (Å²) in [4.78, 5) is 12.8. The second-order valence-electron chi connectivity index (χ2n) is 8.38. The Bertz CT molecular complexity index is 1380. The molecule has 3 N–H and O–H groups in total. The van der Waals surface area contributed by atoms with Crippen molar-refractivity contribution in [2.75, 3.05) is 25.7 Å². The molecule has 3 atom stereocenters. The highest BCUT2D eigenvalue weighted by molar-refractivity contribution is 8.15. The maximum Gasteiger partial charge on any atom is 0.164 e. The third-order valence-corrected chi connectivity index (χ3v) is 7.57. The molecule has 5 rings (SSSR count). The highest BCUT2D eigenvalue weighted by atomic mass is 32.2. The number of benzene rings is 1. The molecule has 0 saturated heterocycles. The van der Waals surface area contributed by atoms with Crippen molar-refractivity contribution in [3.8, 4) is 6.07 Å². The van der Waals surface area contributed by atoms with Crippen LogP contribution in [0.3, 0.4) is 0 Å². The number of aromatic nitrogens is 2. The van der Waals surface area contributed by atoms with Crippen LogP contribution in [0.25, 0.3) is 10.9 Å². The molecule has 1 aliphatic heterocycles. The smallest absolute Gasteiger partial charge is 0.164 e. The number of methoxy groups -OCH3 is 1. The first-order chi connectivity index (χ1) is 16.4. The van der Waals surface area contributed by atoms with Crippen molar-refractivity contribution in [2.24, 2.45) is 16.6 Å². The Morgan fingerprint density at radius 1 is 1.32 bits per heavy atom. The van der Waals surface area contributed by atoms with Crippen LogP contribution in [-0.2, 0) is 10.3 Å². The van der Waals surface area contributed by atoms with Crippen LogP contribution < -0.4 is 11.1 Å². The number of fused-ring (bicyclic) bond motifs is 2. The molecule has 1 aliphatic carbocycles. The Balaban J connectivity index is 1.59. The van der Waals surface area contributed by atoms with E-state index in [4.69, 9.17) is 15.7 Å². The van der Waals surface area contributed by atoms with Crippen LogP contribution in [0.5, 0.6) is 0 Å². The van der Waals surface area contributed by atoms with Gasteiger partial charge in [0.2, 0.25) is 0 Å². The lowest BCUT2D eigenvalue weighted by molar-refractivity contribution is 0.176. The minimum Gasteiger partial charge on any atom is -0.383 e. The second-order valence-corrected chi connectivity index (χ2v) is 9.81. The lowest BCUT2D eigenvalue weighted by atomic mass is 9.84. The van der Waals surface area contributed by atoms with E-state index in [1.807, 2.05) is 6.07 Å². The summed E-state index contributed by atoms with van der Waals surface area (Å²) < 4.78 is 49.3. The van der Waals surface area contributed by atoms with Gasteiger partial charge in [0.25, 0.3) is 0 Å². The van der Waals surface area contributed by atoms with Crippen LogP contribution >= 0.6 is 11.8 Å². The van der Waals surface area contributed by atoms with Gasteiger partial charge in [0.1, 0.15) is 23.8 Å². The Labute approximate surface area is 197 Å². The number of nitrogens with zero attached hydrogens (tertiary/aromatic N) is 4. The fourth-order valence-electron chi connectivity index (χ4n) is 4.71. The summed E-state index contributed by atoms with van der Waals surface area (Å²) in [6.45, 7) is -0.756. The molecule has 2 aromatic heterocycles. The Morgan fingerprint density at radius 3 is 2.88 bits per heavy atom. The summed E-state index contributed by atoms with van der Waals surface area (Å²) >= 11 is 1.28. The Kier molecular flexibility index (Phi) is 5.37. The normalized spacial score (nSPS) is 25.4. The number of nitriles is 1. The largest absolute Gasteiger partial charge is 0.383 e. The fourth-order valence-corrected chi connectivity index (χ4v) is 6.10. The minimum atomic E-state index is -1.66. The SMILES string of the molecule is COC[C@@]12CC1[C@@](CF)(c1cc(Nc3nccc4cc(C#N)cnc34)cc(F)c1F)N=C(N)S2. The average molecular weight is 485 g/mol. The van der Waals surface area contributed by atoms with E-state index in [1.54, 1.807) is 12.1 Å². The van der Waals surface area contributed by atoms with Crippen molar-refractivity contribution >= 4 is 39.3 Å². The van der Waals surface area contributed by atoms with Gasteiger partial charge < -0.3 is 15.8 Å². The highest BCUT2D eigenvalue weighted by Crippen LogP contribution is 2.66. The van der Waals surface area contributed by atoms with E-state index >= 15 is 4.39 Å². The van der Waals surface area contributed by atoms with Crippen molar-refractivity contribution < 1.29 is 17.9 Å². The van der Waals surface area contributed by atoms with Crippen LogP contribution in [0.15, 0.2) is 41.7 Å². The second kappa shape index (κ2) is 8.14. The summed E-state index contributed by atoms with van der Waals surface area (Å²) in [6, 6.07) is 7.65. The molecule has 7 nitrogen and oxygen atoms in total. The number of ether oxygens (including phenoxy) is 1. The van der Waals surface area contributed by atoms with Crippen LogP contribution in [0.1, 0.15) is 17.5 Å². The van der Waals surface area contributed by atoms with Crippen molar-refractivity contribution in [3.63, 3.8) is 0 Å². The van der Waals surface area contributed by atoms with Gasteiger partial charge in [-0.15, -0.1) is 0 Å². The van der Waals surface area contributed by atoms with Gasteiger partial charge in [0, 0.05) is 48.1 Å². The maximum absolute atomic E-state index is 15.1. The summed E-state index contributed by atoms with van der Waals surface area (Å²) in [5, 5.41) is 12.8. The van der Waals surface area contributed by atoms with E-state index in [1.165, 1.54) is 37.3 Å². The van der Waals surface area contributed by atoms with E-state index in [0.29, 0.717) is 29.5 Å². The van der Waals surface area contributed by atoms with Gasteiger partial charge in [-0.3, -0.25) is 4.98 Å². The molecule has 2 aliphatic rings. The standard InChI is InChI=1S/C23H19F3N6OS/c1-33-11-22-7-17(22)23(10-24,32-21(28)34-22)15-5-14(6-16(25)18(15)26)31-20-19-13(2-3-29-20)4-12(8-27)9-30-19/h2-6,9,17H,7,10-11H2,1H3,(H2,28,32)(H,29,31)/t17?,22-,23+/m0/s1. The molecule has 1 aromatic carbocycles. The molecule has 0 radical (unpaired) electrons. The number of anilines is 2. The molecule has 1 fully saturated rings. The molecule has 0 spiro atoms. The molecule has 1 saturated carbocycles. The zero-order valence-corrected chi connectivity index (χ0v) is 18.8. The van der Waals surface area contributed by atoms with Crippen molar-refractivity contribution in [2.45, 2.75) is 16.7 Å². The Hall–Kier alpha value is -3.36. The number of halogens is 3. The predicted octanol–water partition coefficient (Wildman–Crippen LogP) is 4.15. The first-order valence-electron chi connectivity index (χ1n) is 10.4. The van der Waals surface area contributed by atoms with Crippen molar-refractivity contribution in [1.29, 1.82) is 5.26 Å². The van der Waals surface area contributed by atoms with E-state index in [-0.39, 0.29) is 22.2 Å². The number of hydrogen-bond acceptors (Lipinski definition) is 8. The van der Waals surface area contributed by atoms with Crippen molar-refractivity contribution in [1.82, 2.24) is 9.97 Å². The van der Waals surface area contributed by atoms with Gasteiger partial charge >= 0.3 is 0 Å². The van der Waals surface area contributed by atoms with Crippen LogP contribution in [0.2, 0.25) is 0 Å². The molecule has 3 aromatic rings. The van der Waals surface area contributed by atoms with Gasteiger partial charge in [-0.25, -0.2) is 23.1 Å². The number of nitrogens with one attached hydrogen (secondary N) is 1. The molecule has 34 heavy (non-hydrogen) atoms. The fraction of sp³-hybridized carbons (Fsp3) is 0.304. The number of hydrogen-bond donors (Lipinski definition) is 2. The lowest BCUT2D eigenvalue weighted by Gasteiger charge is -2.35. The lowest BCUT2D eigenvalue weighted by Crippen LogP contribution is -2.41. The zero-order valence-electron chi connectivity index (χ0n) is 18.0. The Morgan fingerprint density at radius 2 is 2.15 bits per heavy atom. The van der Waals surface area contributed by atoms with Gasteiger partial charge in [0.15, 0.2) is 22.6 Å². The van der Waals surface area contributed by atoms with E-state index < -0.39 is 34.5 Å². The number of pyridine rings is 2. The first-order valence-corrected chi connectivity index (χ1v) is 11.2. The number of amidine groups is 1. The van der Waals surface area contributed by atoms with E-state index in [9.17, 15) is 8.78 Å². The molecule has 1 unspecified atom stereocenters. The van der Waals surface area contributed by atoms with Gasteiger partial charge in [0.05, 0.1) is 16.9 Å². The van der Waals surface area contributed by atoms with Crippen LogP contribution in [0.4, 0.5) is 24.7 Å². The first kappa shape index (κ1) is 22.4. The van der Waals surface area contributed by atoms with Crippen molar-refractivity contribution in [3.05, 3.63) is 59.4 Å². The monoisotopic (exact) mass is 484 g/mol. The summed E-state index contributed by atoms with van der Waals surface area (Å²) in [5.41, 5.74) is 5.09. The topological polar surface area (TPSA) is 109 Å². The van der Waals surface area contributed by atoms with Crippen LogP contribution in [-0.4, -0.2) is 40.3 Å². The van der Waals surface area contributed by atoms with Gasteiger partial charge in [-0.05, 0) is 24.6 Å². The van der Waals surface area contributed by atoms with Crippen LogP contribution in [0, 0.1) is 28.9 Å². The maximum atomic E-state index is 15.1. The molecule has 0 bridgehead atoms. The number of nitrogens with two attached hydrogens (primary N) is 1. The highest BCUT2D eigenvalue weighted by Gasteiger charge is 2.68. The quantitative estimate of drug-likeness (QED) is 0.541. The van der Waals surface area contributed by atoms with E-state index in [0.717, 1.165) is 6.07 Å². The number of alkyl halides is 1. The van der Waals surface area contributed by atoms with E-state index in [2.05, 4.69) is 20.3 Å². The minimum absolute atomic E-state index is 0.106. The van der Waals surface area contributed by atoms with Gasteiger partial charge in [-0.2, -0.15) is 5.26 Å². The third-order valence-electron chi connectivity index (χ3n) is 6.30. The molecule has 174 valence electrons. The third kappa shape index (κ3) is 3.45.